The van der Waals surface area contributed by atoms with Crippen LogP contribution in [0.25, 0.3) is 6.08 Å². The molecule has 2 aromatic rings. The van der Waals surface area contributed by atoms with Gasteiger partial charge in [0.1, 0.15) is 48.2 Å². The SMILES string of the molecule is CN(C)C1CCN(c2cc(O[C@H]3Cc4cc5c(cc4OC3(C)C)OCC(C=O)=C5)ncn2)CC1. The summed E-state index contributed by atoms with van der Waals surface area (Å²) in [6.45, 7) is 6.27. The molecule has 1 aromatic heterocycles. The van der Waals surface area contributed by atoms with E-state index >= 15 is 0 Å². The minimum absolute atomic E-state index is 0.237. The van der Waals surface area contributed by atoms with E-state index in [1.807, 2.05) is 38.1 Å². The first-order valence-corrected chi connectivity index (χ1v) is 11.9. The van der Waals surface area contributed by atoms with Crippen molar-refractivity contribution in [3.8, 4) is 17.4 Å². The van der Waals surface area contributed by atoms with E-state index < -0.39 is 5.60 Å². The molecular formula is C26H32N4O4. The van der Waals surface area contributed by atoms with Gasteiger partial charge in [0.2, 0.25) is 5.88 Å². The number of piperidine rings is 1. The van der Waals surface area contributed by atoms with Gasteiger partial charge in [-0.2, -0.15) is 0 Å². The monoisotopic (exact) mass is 464 g/mol. The number of nitrogens with zero attached hydrogens (tertiary/aromatic N) is 4. The van der Waals surface area contributed by atoms with Gasteiger partial charge < -0.3 is 24.0 Å². The van der Waals surface area contributed by atoms with E-state index in [2.05, 4.69) is 33.9 Å². The Balaban J connectivity index is 1.33. The molecule has 1 atom stereocenters. The lowest BCUT2D eigenvalue weighted by molar-refractivity contribution is -0.105. The van der Waals surface area contributed by atoms with Crippen LogP contribution in [0.5, 0.6) is 17.4 Å². The number of rotatable bonds is 5. The third kappa shape index (κ3) is 4.46. The zero-order valence-corrected chi connectivity index (χ0v) is 20.3. The van der Waals surface area contributed by atoms with E-state index in [0.717, 1.165) is 60.7 Å². The minimum Gasteiger partial charge on any atom is -0.488 e. The zero-order chi connectivity index (χ0) is 23.9. The number of hydrogen-bond acceptors (Lipinski definition) is 8. The molecular weight excluding hydrogens is 432 g/mol. The lowest BCUT2D eigenvalue weighted by Gasteiger charge is -2.40. The molecule has 0 N–H and O–H groups in total. The van der Waals surface area contributed by atoms with Crippen molar-refractivity contribution in [2.45, 2.75) is 50.9 Å². The average Bonchev–Trinajstić information content (AvgIpc) is 2.83. The van der Waals surface area contributed by atoms with Gasteiger partial charge in [0.25, 0.3) is 0 Å². The van der Waals surface area contributed by atoms with Gasteiger partial charge >= 0.3 is 0 Å². The molecule has 8 heteroatoms. The Morgan fingerprint density at radius 2 is 1.94 bits per heavy atom. The smallest absolute Gasteiger partial charge is 0.218 e. The second kappa shape index (κ2) is 8.91. The highest BCUT2D eigenvalue weighted by Crippen LogP contribution is 2.40. The first-order chi connectivity index (χ1) is 16.3. The molecule has 1 saturated heterocycles. The molecule has 5 rings (SSSR count). The first kappa shape index (κ1) is 22.7. The van der Waals surface area contributed by atoms with E-state index in [9.17, 15) is 4.79 Å². The summed E-state index contributed by atoms with van der Waals surface area (Å²) in [5, 5.41) is 0. The summed E-state index contributed by atoms with van der Waals surface area (Å²) >= 11 is 0. The number of benzene rings is 1. The van der Waals surface area contributed by atoms with Crippen LogP contribution in [0.4, 0.5) is 5.82 Å². The van der Waals surface area contributed by atoms with Crippen molar-refractivity contribution >= 4 is 18.2 Å². The number of aromatic nitrogens is 2. The minimum atomic E-state index is -0.561. The Morgan fingerprint density at radius 1 is 1.15 bits per heavy atom. The van der Waals surface area contributed by atoms with Crippen LogP contribution >= 0.6 is 0 Å². The van der Waals surface area contributed by atoms with Crippen molar-refractivity contribution in [3.63, 3.8) is 0 Å². The second-order valence-corrected chi connectivity index (χ2v) is 10.0. The third-order valence-corrected chi connectivity index (χ3v) is 7.04. The van der Waals surface area contributed by atoms with Gasteiger partial charge in [-0.25, -0.2) is 9.97 Å². The van der Waals surface area contributed by atoms with Crippen molar-refractivity contribution in [2.24, 2.45) is 0 Å². The van der Waals surface area contributed by atoms with Crippen molar-refractivity contribution in [2.75, 3.05) is 38.7 Å². The lowest BCUT2D eigenvalue weighted by atomic mass is 9.89. The van der Waals surface area contributed by atoms with E-state index in [1.54, 1.807) is 6.33 Å². The lowest BCUT2D eigenvalue weighted by Crippen LogP contribution is -2.49. The molecule has 0 amide bonds. The number of hydrogen-bond donors (Lipinski definition) is 0. The maximum absolute atomic E-state index is 11.2. The van der Waals surface area contributed by atoms with Crippen molar-refractivity contribution in [1.29, 1.82) is 0 Å². The van der Waals surface area contributed by atoms with Gasteiger partial charge in [-0.05, 0) is 58.5 Å². The third-order valence-electron chi connectivity index (χ3n) is 7.04. The summed E-state index contributed by atoms with van der Waals surface area (Å²) in [7, 11) is 4.28. The largest absolute Gasteiger partial charge is 0.488 e. The second-order valence-electron chi connectivity index (χ2n) is 10.0. The average molecular weight is 465 g/mol. The molecule has 0 bridgehead atoms. The van der Waals surface area contributed by atoms with Crippen molar-refractivity contribution in [1.82, 2.24) is 14.9 Å². The van der Waals surface area contributed by atoms with Gasteiger partial charge in [0, 0.05) is 48.8 Å². The molecule has 1 aromatic carbocycles. The molecule has 0 radical (unpaired) electrons. The summed E-state index contributed by atoms with van der Waals surface area (Å²) in [5.74, 6) is 2.97. The Morgan fingerprint density at radius 3 is 2.68 bits per heavy atom. The highest BCUT2D eigenvalue weighted by Gasteiger charge is 2.40. The van der Waals surface area contributed by atoms with Crippen LogP contribution in [0.2, 0.25) is 0 Å². The quantitative estimate of drug-likeness (QED) is 0.625. The number of anilines is 1. The molecule has 0 aliphatic carbocycles. The number of ether oxygens (including phenoxy) is 3. The normalized spacial score (nSPS) is 21.6. The van der Waals surface area contributed by atoms with Gasteiger partial charge in [0.05, 0.1) is 0 Å². The topological polar surface area (TPSA) is 77.0 Å². The van der Waals surface area contributed by atoms with E-state index in [-0.39, 0.29) is 12.7 Å². The fourth-order valence-electron chi connectivity index (χ4n) is 4.89. The standard InChI is InChI=1S/C26H32N4O4/c1-26(2)23(11-19-10-18-9-17(14-31)15-32-21(18)12-22(19)34-26)33-25-13-24(27-16-28-25)30-7-5-20(6-8-30)29(3)4/h9-10,12-14,16,20,23H,5-8,11,15H2,1-4H3/t23-/m0/s1. The molecule has 3 aliphatic rings. The molecule has 34 heavy (non-hydrogen) atoms. The van der Waals surface area contributed by atoms with Gasteiger partial charge in [0.15, 0.2) is 0 Å². The summed E-state index contributed by atoms with van der Waals surface area (Å²) in [6, 6.07) is 6.49. The fraction of sp³-hybridized carbons (Fsp3) is 0.500. The number of fused-ring (bicyclic) bond motifs is 2. The highest BCUT2D eigenvalue weighted by atomic mass is 16.6. The Kier molecular flexibility index (Phi) is 5.93. The van der Waals surface area contributed by atoms with E-state index in [1.165, 1.54) is 0 Å². The summed E-state index contributed by atoms with van der Waals surface area (Å²) in [6.07, 6.45) is 6.94. The van der Waals surface area contributed by atoms with Crippen LogP contribution in [0.1, 0.15) is 37.8 Å². The predicted octanol–water partition coefficient (Wildman–Crippen LogP) is 3.14. The predicted molar refractivity (Wildman–Crippen MR) is 130 cm³/mol. The fourth-order valence-corrected chi connectivity index (χ4v) is 4.89. The molecule has 3 aliphatic heterocycles. The van der Waals surface area contributed by atoms with E-state index in [0.29, 0.717) is 23.9 Å². The Bertz CT molecular complexity index is 1110. The van der Waals surface area contributed by atoms with Crippen LogP contribution in [-0.2, 0) is 11.2 Å². The molecule has 0 spiro atoms. The van der Waals surface area contributed by atoms with E-state index in [4.69, 9.17) is 14.2 Å². The van der Waals surface area contributed by atoms with Gasteiger partial charge in [-0.1, -0.05) is 0 Å². The molecule has 0 saturated carbocycles. The Labute approximate surface area is 200 Å². The molecule has 8 nitrogen and oxygen atoms in total. The zero-order valence-electron chi connectivity index (χ0n) is 20.3. The maximum atomic E-state index is 11.2. The summed E-state index contributed by atoms with van der Waals surface area (Å²) in [4.78, 5) is 24.7. The molecule has 1 fully saturated rings. The summed E-state index contributed by atoms with van der Waals surface area (Å²) < 4.78 is 18.5. The van der Waals surface area contributed by atoms with Crippen LogP contribution in [0.3, 0.4) is 0 Å². The molecule has 4 heterocycles. The molecule has 180 valence electrons. The van der Waals surface area contributed by atoms with Crippen LogP contribution in [-0.4, -0.2) is 72.7 Å². The van der Waals surface area contributed by atoms with Gasteiger partial charge in [-0.3, -0.25) is 4.79 Å². The van der Waals surface area contributed by atoms with Crippen molar-refractivity contribution < 1.29 is 19.0 Å². The van der Waals surface area contributed by atoms with Gasteiger partial charge in [-0.15, -0.1) is 0 Å². The Hall–Kier alpha value is -3.13. The molecule has 0 unspecified atom stereocenters. The maximum Gasteiger partial charge on any atom is 0.218 e. The summed E-state index contributed by atoms with van der Waals surface area (Å²) in [5.41, 5.74) is 1.98. The first-order valence-electron chi connectivity index (χ1n) is 11.9. The number of carbonyl (C=O) groups excluding carboxylic acids is 1. The van der Waals surface area contributed by atoms with Crippen molar-refractivity contribution in [3.05, 3.63) is 41.2 Å². The van der Waals surface area contributed by atoms with Crippen LogP contribution < -0.4 is 19.1 Å². The highest BCUT2D eigenvalue weighted by molar-refractivity contribution is 5.84. The van der Waals surface area contributed by atoms with Crippen LogP contribution in [0.15, 0.2) is 30.1 Å². The number of aldehydes is 1. The number of carbonyl (C=O) groups is 1. The van der Waals surface area contributed by atoms with Crippen LogP contribution in [0, 0.1) is 0 Å².